The first kappa shape index (κ1) is 17.2. The number of aliphatic imine (C=N–C) groups is 1. The van der Waals surface area contributed by atoms with Crippen LogP contribution < -0.4 is 5.43 Å². The summed E-state index contributed by atoms with van der Waals surface area (Å²) in [6.07, 6.45) is 10.4. The number of amidine groups is 1. The van der Waals surface area contributed by atoms with Crippen LogP contribution in [0, 0.1) is 5.92 Å². The quantitative estimate of drug-likeness (QED) is 0.860. The SMILES string of the molecule is O=C(C1CCN(C2=NC3=CCNN3C=C2)CC1)N1N=CCC1c1ccccc1. The number of carbonyl (C=O) groups excluding carboxylic acids is 1. The molecule has 1 atom stereocenters. The van der Waals surface area contributed by atoms with Crippen molar-refractivity contribution in [3.63, 3.8) is 0 Å². The number of benzene rings is 1. The van der Waals surface area contributed by atoms with Gasteiger partial charge in [-0.25, -0.2) is 15.4 Å². The van der Waals surface area contributed by atoms with E-state index < -0.39 is 0 Å². The summed E-state index contributed by atoms with van der Waals surface area (Å²) in [5, 5.41) is 8.05. The van der Waals surface area contributed by atoms with Gasteiger partial charge in [0.2, 0.25) is 5.91 Å². The van der Waals surface area contributed by atoms with Crippen molar-refractivity contribution < 1.29 is 4.79 Å². The Kier molecular flexibility index (Phi) is 4.44. The molecule has 0 bridgehead atoms. The Labute approximate surface area is 164 Å². The van der Waals surface area contributed by atoms with Crippen molar-refractivity contribution in [2.75, 3.05) is 19.6 Å². The van der Waals surface area contributed by atoms with Crippen LogP contribution >= 0.6 is 0 Å². The maximum Gasteiger partial charge on any atom is 0.246 e. The molecule has 144 valence electrons. The second-order valence-corrected chi connectivity index (χ2v) is 7.48. The van der Waals surface area contributed by atoms with Crippen LogP contribution in [0.25, 0.3) is 0 Å². The minimum Gasteiger partial charge on any atom is -0.356 e. The summed E-state index contributed by atoms with van der Waals surface area (Å²) in [6, 6.07) is 10.2. The van der Waals surface area contributed by atoms with Crippen LogP contribution in [-0.2, 0) is 4.79 Å². The molecule has 0 aromatic heterocycles. The fourth-order valence-corrected chi connectivity index (χ4v) is 4.24. The third-order valence-corrected chi connectivity index (χ3v) is 5.80. The lowest BCUT2D eigenvalue weighted by molar-refractivity contribution is -0.138. The third kappa shape index (κ3) is 3.11. The predicted octanol–water partition coefficient (Wildman–Crippen LogP) is 2.25. The van der Waals surface area contributed by atoms with Crippen LogP contribution in [-0.4, -0.2) is 52.5 Å². The number of likely N-dealkylation sites (tertiary alicyclic amines) is 1. The van der Waals surface area contributed by atoms with Gasteiger partial charge in [-0.05, 0) is 30.6 Å². The van der Waals surface area contributed by atoms with Gasteiger partial charge in [0.15, 0.2) is 0 Å². The minimum absolute atomic E-state index is 0.0229. The smallest absolute Gasteiger partial charge is 0.246 e. The molecule has 1 amide bonds. The summed E-state index contributed by atoms with van der Waals surface area (Å²) in [4.78, 5) is 20.1. The standard InChI is InChI=1S/C21H24N6O/c28-21(27-18(6-11-23-27)16-4-2-1-3-5-16)17-8-13-25(14-9-17)19-10-15-26-20(24-19)7-12-22-26/h1-5,7,10-11,15,17-18,22H,6,8-9,12-14H2. The summed E-state index contributed by atoms with van der Waals surface area (Å²) < 4.78 is 0. The van der Waals surface area contributed by atoms with Crippen molar-refractivity contribution in [1.29, 1.82) is 0 Å². The fraction of sp³-hybridized carbons (Fsp3) is 0.381. The summed E-state index contributed by atoms with van der Waals surface area (Å²) in [5.41, 5.74) is 4.37. The highest BCUT2D eigenvalue weighted by Gasteiger charge is 2.35. The summed E-state index contributed by atoms with van der Waals surface area (Å²) >= 11 is 0. The van der Waals surface area contributed by atoms with Gasteiger partial charge in [-0.15, -0.1) is 0 Å². The van der Waals surface area contributed by atoms with Crippen LogP contribution in [0.15, 0.2) is 64.6 Å². The Balaban J connectivity index is 1.23. The molecule has 0 radical (unpaired) electrons. The zero-order valence-electron chi connectivity index (χ0n) is 15.7. The van der Waals surface area contributed by atoms with Gasteiger partial charge in [-0.1, -0.05) is 30.3 Å². The normalized spacial score (nSPS) is 24.4. The van der Waals surface area contributed by atoms with Gasteiger partial charge in [0.1, 0.15) is 11.7 Å². The van der Waals surface area contributed by atoms with Crippen LogP contribution in [0.1, 0.15) is 30.9 Å². The number of nitrogens with one attached hydrogen (secondary N) is 1. The van der Waals surface area contributed by atoms with E-state index in [-0.39, 0.29) is 17.9 Å². The number of hydrazine groups is 1. The first-order valence-electron chi connectivity index (χ1n) is 9.95. The number of amides is 1. The molecule has 0 saturated carbocycles. The van der Waals surface area contributed by atoms with Crippen molar-refractivity contribution in [3.05, 3.63) is 60.1 Å². The van der Waals surface area contributed by atoms with Crippen LogP contribution in [0.4, 0.5) is 0 Å². The van der Waals surface area contributed by atoms with Gasteiger partial charge < -0.3 is 4.90 Å². The van der Waals surface area contributed by atoms with Crippen LogP contribution in [0.5, 0.6) is 0 Å². The predicted molar refractivity (Wildman–Crippen MR) is 108 cm³/mol. The summed E-state index contributed by atoms with van der Waals surface area (Å²) in [5.74, 6) is 2.11. The Morgan fingerprint density at radius 2 is 1.96 bits per heavy atom. The van der Waals surface area contributed by atoms with Crippen molar-refractivity contribution in [2.24, 2.45) is 16.0 Å². The molecule has 0 spiro atoms. The number of hydrogen-bond acceptors (Lipinski definition) is 6. The number of piperidine rings is 1. The molecule has 1 saturated heterocycles. The monoisotopic (exact) mass is 376 g/mol. The van der Waals surface area contributed by atoms with Crippen LogP contribution in [0.2, 0.25) is 0 Å². The van der Waals surface area contributed by atoms with E-state index in [9.17, 15) is 4.79 Å². The van der Waals surface area contributed by atoms with Gasteiger partial charge in [0.25, 0.3) is 0 Å². The van der Waals surface area contributed by atoms with Gasteiger partial charge in [0.05, 0.1) is 6.04 Å². The molecule has 4 heterocycles. The molecule has 1 N–H and O–H groups in total. The van der Waals surface area contributed by atoms with E-state index in [0.29, 0.717) is 0 Å². The van der Waals surface area contributed by atoms with E-state index in [4.69, 9.17) is 4.99 Å². The number of hydrazone groups is 1. The Bertz CT molecular complexity index is 866. The van der Waals surface area contributed by atoms with Crippen molar-refractivity contribution in [1.82, 2.24) is 20.3 Å². The highest BCUT2D eigenvalue weighted by Crippen LogP contribution is 2.32. The topological polar surface area (TPSA) is 63.5 Å². The van der Waals surface area contributed by atoms with Gasteiger partial charge in [-0.2, -0.15) is 5.10 Å². The average Bonchev–Trinajstić information content (AvgIpc) is 3.43. The number of fused-ring (bicyclic) bond motifs is 1. The lowest BCUT2D eigenvalue weighted by Gasteiger charge is -2.35. The molecule has 4 aliphatic heterocycles. The first-order valence-corrected chi connectivity index (χ1v) is 9.95. The molecular formula is C21H24N6O. The highest BCUT2D eigenvalue weighted by molar-refractivity contribution is 5.94. The van der Waals surface area contributed by atoms with Crippen LogP contribution in [0.3, 0.4) is 0 Å². The van der Waals surface area contributed by atoms with Gasteiger partial charge >= 0.3 is 0 Å². The molecular weight excluding hydrogens is 352 g/mol. The molecule has 0 aliphatic carbocycles. The Morgan fingerprint density at radius 3 is 2.79 bits per heavy atom. The minimum atomic E-state index is 0.0229. The molecule has 5 rings (SSSR count). The van der Waals surface area contributed by atoms with E-state index in [1.54, 1.807) is 5.01 Å². The molecule has 7 heteroatoms. The Morgan fingerprint density at radius 1 is 1.14 bits per heavy atom. The lowest BCUT2D eigenvalue weighted by Crippen LogP contribution is -2.44. The maximum absolute atomic E-state index is 13.1. The number of hydrogen-bond donors (Lipinski definition) is 1. The van der Waals surface area contributed by atoms with E-state index >= 15 is 0 Å². The lowest BCUT2D eigenvalue weighted by atomic mass is 9.94. The molecule has 4 aliphatic rings. The van der Waals surface area contributed by atoms with E-state index in [0.717, 1.165) is 56.1 Å². The van der Waals surface area contributed by atoms with Gasteiger partial charge in [0, 0.05) is 44.4 Å². The average molecular weight is 376 g/mol. The fourth-order valence-electron chi connectivity index (χ4n) is 4.24. The summed E-state index contributed by atoms with van der Waals surface area (Å²) in [7, 11) is 0. The van der Waals surface area contributed by atoms with Crippen molar-refractivity contribution in [2.45, 2.75) is 25.3 Å². The summed E-state index contributed by atoms with van der Waals surface area (Å²) in [6.45, 7) is 2.49. The molecule has 28 heavy (non-hydrogen) atoms. The van der Waals surface area contributed by atoms with Gasteiger partial charge in [-0.3, -0.25) is 9.80 Å². The van der Waals surface area contributed by atoms with Crippen molar-refractivity contribution >= 4 is 18.0 Å². The second kappa shape index (κ2) is 7.24. The number of nitrogens with zero attached hydrogens (tertiary/aromatic N) is 5. The highest BCUT2D eigenvalue weighted by atomic mass is 16.2. The molecule has 1 fully saturated rings. The molecule has 1 aromatic rings. The Hall–Kier alpha value is -2.93. The maximum atomic E-state index is 13.1. The number of rotatable bonds is 2. The molecule has 7 nitrogen and oxygen atoms in total. The molecule has 1 aromatic carbocycles. The zero-order chi connectivity index (χ0) is 18.9. The van der Waals surface area contributed by atoms with E-state index in [2.05, 4.69) is 33.6 Å². The zero-order valence-corrected chi connectivity index (χ0v) is 15.7. The van der Waals surface area contributed by atoms with E-state index in [1.807, 2.05) is 41.7 Å². The third-order valence-electron chi connectivity index (χ3n) is 5.80. The first-order chi connectivity index (χ1) is 13.8. The molecule has 1 unspecified atom stereocenters. The van der Waals surface area contributed by atoms with Crippen molar-refractivity contribution in [3.8, 4) is 0 Å². The number of carbonyl (C=O) groups is 1. The largest absolute Gasteiger partial charge is 0.356 e. The second-order valence-electron chi connectivity index (χ2n) is 7.48. The van der Waals surface area contributed by atoms with E-state index in [1.165, 1.54) is 0 Å².